The number of hydrogen-bond donors (Lipinski definition) is 2. The minimum Gasteiger partial charge on any atom is -0.452 e. The zero-order chi connectivity index (χ0) is 15.2. The summed E-state index contributed by atoms with van der Waals surface area (Å²) >= 11 is 5.76. The third-order valence-corrected chi connectivity index (χ3v) is 3.10. The molecule has 1 aromatic carbocycles. The molecule has 0 aliphatic rings. The average molecular weight is 304 g/mol. The maximum absolute atomic E-state index is 12.0. The second kappa shape index (κ2) is 6.98. The van der Waals surface area contributed by atoms with Crippen molar-refractivity contribution in [1.82, 2.24) is 0 Å². The van der Waals surface area contributed by atoms with Crippen molar-refractivity contribution in [2.75, 3.05) is 11.9 Å². The summed E-state index contributed by atoms with van der Waals surface area (Å²) in [6.07, 6.45) is 1.80. The Bertz CT molecular complexity index is 710. The van der Waals surface area contributed by atoms with Crippen molar-refractivity contribution in [3.8, 4) is 11.8 Å². The molecule has 0 aliphatic heterocycles. The Morgan fingerprint density at radius 2 is 2.24 bits per heavy atom. The fourth-order valence-electron chi connectivity index (χ4n) is 1.75. The van der Waals surface area contributed by atoms with E-state index in [1.54, 1.807) is 6.07 Å². The van der Waals surface area contributed by atoms with Crippen LogP contribution in [0.3, 0.4) is 0 Å². The number of halogens is 1. The van der Waals surface area contributed by atoms with Gasteiger partial charge in [0.2, 0.25) is 5.22 Å². The van der Waals surface area contributed by atoms with Crippen molar-refractivity contribution in [2.45, 2.75) is 13.3 Å². The summed E-state index contributed by atoms with van der Waals surface area (Å²) in [5.74, 6) is 5.51. The minimum atomic E-state index is -0.327. The summed E-state index contributed by atoms with van der Waals surface area (Å²) in [5.41, 5.74) is 2.75. The van der Waals surface area contributed by atoms with Crippen LogP contribution < -0.4 is 5.32 Å². The molecule has 2 rings (SSSR count). The lowest BCUT2D eigenvalue weighted by atomic mass is 10.1. The fraction of sp³-hybridized carbons (Fsp3) is 0.188. The van der Waals surface area contributed by atoms with Crippen LogP contribution >= 0.6 is 11.6 Å². The Labute approximate surface area is 127 Å². The predicted octanol–water partition coefficient (Wildman–Crippen LogP) is 3.23. The largest absolute Gasteiger partial charge is 0.452 e. The van der Waals surface area contributed by atoms with Crippen LogP contribution in [0.4, 0.5) is 5.69 Å². The first-order valence-corrected chi connectivity index (χ1v) is 6.74. The van der Waals surface area contributed by atoms with Gasteiger partial charge in [0.05, 0.1) is 18.4 Å². The van der Waals surface area contributed by atoms with E-state index in [1.165, 1.54) is 12.3 Å². The number of rotatable bonds is 3. The number of carbonyl (C=O) groups is 1. The van der Waals surface area contributed by atoms with Gasteiger partial charge in [-0.15, -0.1) is 0 Å². The zero-order valence-electron chi connectivity index (χ0n) is 11.4. The molecule has 0 saturated heterocycles. The van der Waals surface area contributed by atoms with Crippen molar-refractivity contribution >= 4 is 23.2 Å². The van der Waals surface area contributed by atoms with Gasteiger partial charge in [-0.25, -0.2) is 0 Å². The molecule has 0 atom stereocenters. The van der Waals surface area contributed by atoms with E-state index in [9.17, 15) is 4.79 Å². The molecule has 0 unspecified atom stereocenters. The second-order valence-electron chi connectivity index (χ2n) is 4.37. The lowest BCUT2D eigenvalue weighted by Crippen LogP contribution is -2.11. The van der Waals surface area contributed by atoms with Crippen LogP contribution in [0.5, 0.6) is 0 Å². The first-order valence-electron chi connectivity index (χ1n) is 6.36. The smallest absolute Gasteiger partial charge is 0.260 e. The highest BCUT2D eigenvalue weighted by Gasteiger charge is 2.13. The van der Waals surface area contributed by atoms with Crippen LogP contribution in [-0.2, 0) is 0 Å². The summed E-state index contributed by atoms with van der Waals surface area (Å²) in [6.45, 7) is 1.95. The van der Waals surface area contributed by atoms with Crippen molar-refractivity contribution in [3.63, 3.8) is 0 Å². The normalized spacial score (nSPS) is 9.86. The van der Waals surface area contributed by atoms with E-state index in [2.05, 4.69) is 17.2 Å². The Hall–Kier alpha value is -2.22. The third kappa shape index (κ3) is 3.88. The van der Waals surface area contributed by atoms with E-state index in [0.29, 0.717) is 17.7 Å². The summed E-state index contributed by atoms with van der Waals surface area (Å²) < 4.78 is 4.89. The monoisotopic (exact) mass is 303 g/mol. The van der Waals surface area contributed by atoms with Crippen molar-refractivity contribution in [3.05, 3.63) is 52.4 Å². The van der Waals surface area contributed by atoms with Gasteiger partial charge in [0.15, 0.2) is 0 Å². The van der Waals surface area contributed by atoms with E-state index in [-0.39, 0.29) is 17.7 Å². The number of aliphatic hydroxyl groups is 1. The number of carbonyl (C=O) groups excluding carboxylic acids is 1. The Balaban J connectivity index is 2.12. The summed E-state index contributed by atoms with van der Waals surface area (Å²) in [5, 5.41) is 11.5. The predicted molar refractivity (Wildman–Crippen MR) is 81.4 cm³/mol. The van der Waals surface area contributed by atoms with E-state index in [4.69, 9.17) is 21.1 Å². The van der Waals surface area contributed by atoms with E-state index >= 15 is 0 Å². The number of furan rings is 1. The third-order valence-electron chi connectivity index (χ3n) is 2.81. The molecule has 5 heteroatoms. The number of hydrogen-bond acceptors (Lipinski definition) is 3. The SMILES string of the molecule is Cc1cc(NC(=O)c2ccoc2Cl)ccc1C#CCCO. The van der Waals surface area contributed by atoms with Gasteiger partial charge in [0, 0.05) is 17.7 Å². The van der Waals surface area contributed by atoms with Crippen LogP contribution in [0.1, 0.15) is 27.9 Å². The summed E-state index contributed by atoms with van der Waals surface area (Å²) in [4.78, 5) is 12.0. The highest BCUT2D eigenvalue weighted by atomic mass is 35.5. The molecule has 0 fully saturated rings. The molecular weight excluding hydrogens is 290 g/mol. The quantitative estimate of drug-likeness (QED) is 0.856. The molecular formula is C16H14ClNO3. The summed E-state index contributed by atoms with van der Waals surface area (Å²) in [6, 6.07) is 6.93. The van der Waals surface area contributed by atoms with Gasteiger partial charge in [-0.05, 0) is 48.4 Å². The van der Waals surface area contributed by atoms with Gasteiger partial charge < -0.3 is 14.8 Å². The first-order chi connectivity index (χ1) is 10.1. The first kappa shape index (κ1) is 15.2. The molecule has 0 saturated carbocycles. The lowest BCUT2D eigenvalue weighted by molar-refractivity contribution is 0.102. The highest BCUT2D eigenvalue weighted by Crippen LogP contribution is 2.20. The standard InChI is InChI=1S/C16H14ClNO3/c1-11-10-13(6-5-12(11)4-2-3-8-19)18-16(20)14-7-9-21-15(14)17/h5-7,9-10,19H,3,8H2,1H3,(H,18,20). The number of anilines is 1. The number of benzene rings is 1. The zero-order valence-corrected chi connectivity index (χ0v) is 12.2. The maximum Gasteiger partial charge on any atom is 0.260 e. The molecule has 4 nitrogen and oxygen atoms in total. The summed E-state index contributed by atoms with van der Waals surface area (Å²) in [7, 11) is 0. The van der Waals surface area contributed by atoms with Gasteiger partial charge in [-0.1, -0.05) is 11.8 Å². The van der Waals surface area contributed by atoms with Crippen molar-refractivity contribution in [2.24, 2.45) is 0 Å². The van der Waals surface area contributed by atoms with Gasteiger partial charge in [0.25, 0.3) is 5.91 Å². The topological polar surface area (TPSA) is 62.5 Å². The maximum atomic E-state index is 12.0. The molecule has 0 radical (unpaired) electrons. The lowest BCUT2D eigenvalue weighted by Gasteiger charge is -2.06. The molecule has 1 heterocycles. The van der Waals surface area contributed by atoms with Gasteiger partial charge >= 0.3 is 0 Å². The highest BCUT2D eigenvalue weighted by molar-refractivity contribution is 6.32. The molecule has 108 valence electrons. The molecule has 0 aliphatic carbocycles. The molecule has 21 heavy (non-hydrogen) atoms. The van der Waals surface area contributed by atoms with Crippen molar-refractivity contribution < 1.29 is 14.3 Å². The van der Waals surface area contributed by atoms with E-state index in [0.717, 1.165) is 11.1 Å². The number of aliphatic hydroxyl groups excluding tert-OH is 1. The van der Waals surface area contributed by atoms with Crippen LogP contribution in [0.15, 0.2) is 34.9 Å². The molecule has 2 N–H and O–H groups in total. The molecule has 1 amide bonds. The van der Waals surface area contributed by atoms with Gasteiger partial charge in [0.1, 0.15) is 0 Å². The van der Waals surface area contributed by atoms with Gasteiger partial charge in [-0.3, -0.25) is 4.79 Å². The van der Waals surface area contributed by atoms with E-state index < -0.39 is 0 Å². The number of nitrogens with one attached hydrogen (secondary N) is 1. The Kier molecular flexibility index (Phi) is 5.04. The van der Waals surface area contributed by atoms with Crippen LogP contribution in [0, 0.1) is 18.8 Å². The molecule has 0 spiro atoms. The second-order valence-corrected chi connectivity index (χ2v) is 4.71. The van der Waals surface area contributed by atoms with Crippen LogP contribution in [-0.4, -0.2) is 17.6 Å². The van der Waals surface area contributed by atoms with Crippen molar-refractivity contribution in [1.29, 1.82) is 0 Å². The van der Waals surface area contributed by atoms with Crippen LogP contribution in [0.2, 0.25) is 5.22 Å². The molecule has 1 aromatic heterocycles. The molecule has 0 bridgehead atoms. The average Bonchev–Trinajstić information content (AvgIpc) is 2.88. The minimum absolute atomic E-state index is 0.0473. The van der Waals surface area contributed by atoms with Crippen LogP contribution in [0.25, 0.3) is 0 Å². The Morgan fingerprint density at radius 3 is 2.86 bits per heavy atom. The number of aryl methyl sites for hydroxylation is 1. The van der Waals surface area contributed by atoms with E-state index in [1.807, 2.05) is 19.1 Å². The Morgan fingerprint density at radius 1 is 1.43 bits per heavy atom. The fourth-order valence-corrected chi connectivity index (χ4v) is 1.95. The molecule has 2 aromatic rings. The van der Waals surface area contributed by atoms with Gasteiger partial charge in [-0.2, -0.15) is 0 Å². The number of amides is 1.